The molecule has 0 aliphatic carbocycles. The average Bonchev–Trinajstić information content (AvgIpc) is 3.23. The molecule has 60 heavy (non-hydrogen) atoms. The highest BCUT2D eigenvalue weighted by molar-refractivity contribution is 5.73. The molecule has 14 heteroatoms. The van der Waals surface area contributed by atoms with Crippen molar-refractivity contribution in [2.45, 2.75) is 267 Å². The Morgan fingerprint density at radius 2 is 0.917 bits per heavy atom. The first-order valence-corrected chi connectivity index (χ1v) is 24.2. The minimum Gasteiger partial charge on any atom is -0.394 e. The molecular formula is C46H89NO13. The van der Waals surface area contributed by atoms with Gasteiger partial charge in [-0.15, -0.1) is 0 Å². The minimum atomic E-state index is -1.77. The van der Waals surface area contributed by atoms with Crippen LogP contribution in [0.4, 0.5) is 0 Å². The number of amides is 1. The van der Waals surface area contributed by atoms with Gasteiger partial charge in [-0.2, -0.15) is 0 Å². The van der Waals surface area contributed by atoms with Crippen LogP contribution in [-0.4, -0.2) is 140 Å². The van der Waals surface area contributed by atoms with Gasteiger partial charge in [0.25, 0.3) is 0 Å². The highest BCUT2D eigenvalue weighted by Gasteiger charge is 2.51. The molecule has 356 valence electrons. The number of aliphatic hydroxyl groups is 8. The van der Waals surface area contributed by atoms with Gasteiger partial charge in [-0.25, -0.2) is 0 Å². The van der Waals surface area contributed by atoms with E-state index < -0.39 is 86.8 Å². The summed E-state index contributed by atoms with van der Waals surface area (Å²) in [6.07, 6.45) is 19.5. The van der Waals surface area contributed by atoms with E-state index in [1.54, 1.807) is 0 Å². The van der Waals surface area contributed by atoms with E-state index in [9.17, 15) is 45.6 Å². The topological polar surface area (TPSA) is 228 Å². The van der Waals surface area contributed by atoms with Crippen LogP contribution in [0.2, 0.25) is 0 Å². The standard InChI is InChI=1S/C46H89NO13/c1-3-4-5-6-7-8-9-10-11-12-13-14-15-16-17-18-19-20-21-22-23-24-25-26-27-28-29-30-36(51)35(47-34(2)50)33-57-45-43(56)41(54)44(38(32-49)59-45)60-46-42(55)40(53)39(52)37(31-48)58-46/h35-46,48-49,51-56H,3-33H2,1-2H3,(H,47,50). The van der Waals surface area contributed by atoms with Crippen LogP contribution in [-0.2, 0) is 23.7 Å². The maximum absolute atomic E-state index is 11.9. The quantitative estimate of drug-likeness (QED) is 0.0356. The Morgan fingerprint density at radius 3 is 1.32 bits per heavy atom. The third-order valence-electron chi connectivity index (χ3n) is 12.4. The van der Waals surface area contributed by atoms with Gasteiger partial charge >= 0.3 is 0 Å². The number of aliphatic hydroxyl groups excluding tert-OH is 8. The summed E-state index contributed by atoms with van der Waals surface area (Å²) in [6.45, 7) is 1.94. The van der Waals surface area contributed by atoms with Gasteiger partial charge in [0.05, 0.1) is 32.0 Å². The predicted molar refractivity (Wildman–Crippen MR) is 231 cm³/mol. The fourth-order valence-corrected chi connectivity index (χ4v) is 8.45. The van der Waals surface area contributed by atoms with Gasteiger partial charge < -0.3 is 65.1 Å². The average molecular weight is 864 g/mol. The first kappa shape index (κ1) is 55.1. The van der Waals surface area contributed by atoms with Gasteiger partial charge in [-0.05, 0) is 6.42 Å². The Hall–Kier alpha value is -1.01. The van der Waals surface area contributed by atoms with Crippen LogP contribution < -0.4 is 5.32 Å². The molecule has 0 bridgehead atoms. The summed E-state index contributed by atoms with van der Waals surface area (Å²) in [6, 6.07) is -0.824. The molecule has 9 N–H and O–H groups in total. The normalized spacial score (nSPS) is 28.2. The number of hydrogen-bond donors (Lipinski definition) is 9. The van der Waals surface area contributed by atoms with Crippen molar-refractivity contribution in [2.24, 2.45) is 0 Å². The largest absolute Gasteiger partial charge is 0.394 e. The molecule has 2 aliphatic rings. The van der Waals surface area contributed by atoms with Crippen LogP contribution in [0.1, 0.15) is 194 Å². The molecule has 2 heterocycles. The van der Waals surface area contributed by atoms with E-state index in [0.29, 0.717) is 6.42 Å². The molecule has 2 saturated heterocycles. The van der Waals surface area contributed by atoms with Gasteiger partial charge in [0, 0.05) is 6.92 Å². The lowest BCUT2D eigenvalue weighted by atomic mass is 9.97. The molecule has 0 aromatic rings. The zero-order chi connectivity index (χ0) is 44.0. The summed E-state index contributed by atoms with van der Waals surface area (Å²) in [4.78, 5) is 11.9. The Balaban J connectivity index is 1.49. The third kappa shape index (κ3) is 22.6. The SMILES string of the molecule is CCCCCCCCCCCCCCCCCCCCCCCCCCCCCC(O)C(COC1OC(CO)C(OC2OC(CO)C(O)C(O)C2O)C(O)C1O)NC(C)=O. The zero-order valence-corrected chi connectivity index (χ0v) is 37.5. The highest BCUT2D eigenvalue weighted by atomic mass is 16.7. The van der Waals surface area contributed by atoms with Crippen LogP contribution in [0.25, 0.3) is 0 Å². The van der Waals surface area contributed by atoms with E-state index in [4.69, 9.17) is 18.9 Å². The molecule has 0 saturated carbocycles. The molecule has 0 spiro atoms. The van der Waals surface area contributed by atoms with E-state index in [0.717, 1.165) is 25.7 Å². The predicted octanol–water partition coefficient (Wildman–Crippen LogP) is 5.44. The Morgan fingerprint density at radius 1 is 0.533 bits per heavy atom. The van der Waals surface area contributed by atoms with E-state index in [1.165, 1.54) is 155 Å². The number of nitrogens with one attached hydrogen (secondary N) is 1. The van der Waals surface area contributed by atoms with Crippen LogP contribution >= 0.6 is 0 Å². The molecular weight excluding hydrogens is 775 g/mol. The summed E-state index contributed by atoms with van der Waals surface area (Å²) in [5.74, 6) is -0.380. The van der Waals surface area contributed by atoms with E-state index in [1.807, 2.05) is 0 Å². The lowest BCUT2D eigenvalue weighted by Gasteiger charge is -2.46. The van der Waals surface area contributed by atoms with Crippen molar-refractivity contribution in [1.29, 1.82) is 0 Å². The molecule has 12 unspecified atom stereocenters. The molecule has 0 aromatic heterocycles. The molecule has 2 aliphatic heterocycles. The van der Waals surface area contributed by atoms with Crippen molar-refractivity contribution in [3.63, 3.8) is 0 Å². The van der Waals surface area contributed by atoms with Crippen molar-refractivity contribution < 1.29 is 64.6 Å². The van der Waals surface area contributed by atoms with Crippen molar-refractivity contribution in [3.8, 4) is 0 Å². The van der Waals surface area contributed by atoms with Gasteiger partial charge in [-0.3, -0.25) is 4.79 Å². The second kappa shape index (κ2) is 34.4. The molecule has 1 amide bonds. The summed E-state index contributed by atoms with van der Waals surface area (Å²) < 4.78 is 22.3. The molecule has 0 radical (unpaired) electrons. The van der Waals surface area contributed by atoms with Crippen molar-refractivity contribution in [3.05, 3.63) is 0 Å². The third-order valence-corrected chi connectivity index (χ3v) is 12.4. The second-order valence-electron chi connectivity index (χ2n) is 17.7. The Kier molecular flexibility index (Phi) is 31.6. The summed E-state index contributed by atoms with van der Waals surface area (Å²) in [5, 5.41) is 85.2. The zero-order valence-electron chi connectivity index (χ0n) is 37.5. The Labute approximate surface area is 362 Å². The van der Waals surface area contributed by atoms with Crippen LogP contribution in [0.5, 0.6) is 0 Å². The smallest absolute Gasteiger partial charge is 0.217 e. The summed E-state index contributed by atoms with van der Waals surface area (Å²) in [5.41, 5.74) is 0. The molecule has 2 fully saturated rings. The van der Waals surface area contributed by atoms with Crippen LogP contribution in [0, 0.1) is 0 Å². The van der Waals surface area contributed by atoms with Crippen molar-refractivity contribution in [1.82, 2.24) is 5.32 Å². The monoisotopic (exact) mass is 864 g/mol. The molecule has 0 aromatic carbocycles. The fraction of sp³-hybridized carbons (Fsp3) is 0.978. The number of rotatable bonds is 37. The van der Waals surface area contributed by atoms with Gasteiger partial charge in [0.1, 0.15) is 48.8 Å². The van der Waals surface area contributed by atoms with Gasteiger partial charge in [0.15, 0.2) is 12.6 Å². The maximum Gasteiger partial charge on any atom is 0.217 e. The summed E-state index contributed by atoms with van der Waals surface area (Å²) >= 11 is 0. The second-order valence-corrected chi connectivity index (χ2v) is 17.7. The molecule has 12 atom stereocenters. The lowest BCUT2D eigenvalue weighted by Crippen LogP contribution is -2.65. The molecule has 14 nitrogen and oxygen atoms in total. The number of hydrogen-bond acceptors (Lipinski definition) is 13. The minimum absolute atomic E-state index is 0.259. The van der Waals surface area contributed by atoms with E-state index in [-0.39, 0.29) is 12.5 Å². The van der Waals surface area contributed by atoms with Crippen molar-refractivity contribution >= 4 is 5.91 Å². The summed E-state index contributed by atoms with van der Waals surface area (Å²) in [7, 11) is 0. The van der Waals surface area contributed by atoms with E-state index >= 15 is 0 Å². The maximum atomic E-state index is 11.9. The number of carbonyl (C=O) groups is 1. The number of unbranched alkanes of at least 4 members (excludes halogenated alkanes) is 26. The first-order chi connectivity index (χ1) is 29.0. The van der Waals surface area contributed by atoms with Crippen molar-refractivity contribution in [2.75, 3.05) is 19.8 Å². The highest BCUT2D eigenvalue weighted by Crippen LogP contribution is 2.30. The van der Waals surface area contributed by atoms with Crippen LogP contribution in [0.3, 0.4) is 0 Å². The van der Waals surface area contributed by atoms with Gasteiger partial charge in [-0.1, -0.05) is 180 Å². The fourth-order valence-electron chi connectivity index (χ4n) is 8.45. The molecule has 2 rings (SSSR count). The van der Waals surface area contributed by atoms with E-state index in [2.05, 4.69) is 12.2 Å². The first-order valence-electron chi connectivity index (χ1n) is 24.2. The Bertz CT molecular complexity index is 1020. The number of carbonyl (C=O) groups excluding carboxylic acids is 1. The van der Waals surface area contributed by atoms with Crippen LogP contribution in [0.15, 0.2) is 0 Å². The number of ether oxygens (including phenoxy) is 4. The van der Waals surface area contributed by atoms with Gasteiger partial charge in [0.2, 0.25) is 5.91 Å². The lowest BCUT2D eigenvalue weighted by molar-refractivity contribution is -0.359.